The van der Waals surface area contributed by atoms with Gasteiger partial charge < -0.3 is 15.4 Å². The third kappa shape index (κ3) is 12.1. The van der Waals surface area contributed by atoms with Crippen LogP contribution < -0.4 is 15.5 Å². The Morgan fingerprint density at radius 3 is 2.17 bits per heavy atom. The number of urea groups is 1. The van der Waals surface area contributed by atoms with Crippen molar-refractivity contribution in [1.29, 1.82) is 0 Å². The van der Waals surface area contributed by atoms with E-state index in [1.54, 1.807) is 30.1 Å². The zero-order valence-corrected chi connectivity index (χ0v) is 31.5. The molecule has 2 N–H and O–H groups in total. The Hall–Kier alpha value is -4.91. The minimum Gasteiger partial charge on any atom is -0.464 e. The Kier molecular flexibility index (Phi) is 16.4. The molecule has 0 heterocycles. The molecule has 0 aliphatic carbocycles. The van der Waals surface area contributed by atoms with Gasteiger partial charge in [0, 0.05) is 42.5 Å². The van der Waals surface area contributed by atoms with Crippen LogP contribution in [0.2, 0.25) is 0 Å². The Bertz CT molecular complexity index is 1690. The summed E-state index contributed by atoms with van der Waals surface area (Å²) in [6.45, 7) is 7.55. The number of anilines is 2. The minimum absolute atomic E-state index is 0.112. The highest BCUT2D eigenvalue weighted by molar-refractivity contribution is 6.12. The Labute approximate surface area is 311 Å². The van der Waals surface area contributed by atoms with Crippen LogP contribution in [0, 0.1) is 5.92 Å². The lowest BCUT2D eigenvalue weighted by Crippen LogP contribution is -2.37. The van der Waals surface area contributed by atoms with Crippen molar-refractivity contribution in [2.24, 2.45) is 5.92 Å². The van der Waals surface area contributed by atoms with E-state index < -0.39 is 6.04 Å². The summed E-state index contributed by atoms with van der Waals surface area (Å²) in [6, 6.07) is 31.7. The standard InChI is InChI=1S/C45H57N3O4/c1-5-8-10-11-17-30-46-45(51)48(4)39-23-18-22-38(32-39)36-28-26-35(27-29-36)31-42(44(50)52-33-34(7-3)19-9-6-2)47-41-25-16-15-24-40(41)43(49)37-20-13-12-14-21-37/h12-16,18,20-29,32,34,42,47H,5-11,17,19,30-31,33H2,1-4H3,(H,46,51)/t34?,42-/m0/s1. The number of carbonyl (C=O) groups excluding carboxylic acids is 3. The van der Waals surface area contributed by atoms with Gasteiger partial charge >= 0.3 is 12.0 Å². The van der Waals surface area contributed by atoms with Crippen molar-refractivity contribution in [2.45, 2.75) is 91.0 Å². The van der Waals surface area contributed by atoms with Crippen LogP contribution in [0.4, 0.5) is 16.2 Å². The molecule has 7 heteroatoms. The smallest absolute Gasteiger partial charge is 0.328 e. The predicted molar refractivity (Wildman–Crippen MR) is 214 cm³/mol. The van der Waals surface area contributed by atoms with E-state index in [1.165, 1.54) is 19.3 Å². The Morgan fingerprint density at radius 1 is 0.731 bits per heavy atom. The number of ketones is 1. The number of unbranched alkanes of at least 4 members (excludes halogenated alkanes) is 5. The van der Waals surface area contributed by atoms with E-state index in [-0.39, 0.29) is 17.8 Å². The largest absolute Gasteiger partial charge is 0.464 e. The second-order valence-electron chi connectivity index (χ2n) is 13.6. The maximum absolute atomic E-state index is 13.8. The molecule has 1 unspecified atom stereocenters. The zero-order valence-electron chi connectivity index (χ0n) is 31.5. The van der Waals surface area contributed by atoms with Crippen molar-refractivity contribution in [1.82, 2.24) is 5.32 Å². The van der Waals surface area contributed by atoms with Crippen LogP contribution in [0.5, 0.6) is 0 Å². The molecule has 4 aromatic carbocycles. The normalized spacial score (nSPS) is 12.1. The van der Waals surface area contributed by atoms with Gasteiger partial charge in [0.05, 0.1) is 6.61 Å². The fraction of sp³-hybridized carbons (Fsp3) is 0.400. The first-order valence-corrected chi connectivity index (χ1v) is 19.2. The summed E-state index contributed by atoms with van der Waals surface area (Å²) < 4.78 is 5.95. The van der Waals surface area contributed by atoms with Gasteiger partial charge in [-0.05, 0) is 59.7 Å². The van der Waals surface area contributed by atoms with Crippen molar-refractivity contribution in [3.63, 3.8) is 0 Å². The van der Waals surface area contributed by atoms with Crippen molar-refractivity contribution < 1.29 is 19.1 Å². The minimum atomic E-state index is -0.707. The van der Waals surface area contributed by atoms with Gasteiger partial charge in [0.1, 0.15) is 6.04 Å². The molecular formula is C45H57N3O4. The van der Waals surface area contributed by atoms with Gasteiger partial charge in [-0.15, -0.1) is 0 Å². The predicted octanol–water partition coefficient (Wildman–Crippen LogP) is 10.5. The molecule has 4 rings (SSSR count). The number of esters is 1. The van der Waals surface area contributed by atoms with E-state index in [9.17, 15) is 14.4 Å². The van der Waals surface area contributed by atoms with Crippen LogP contribution in [0.25, 0.3) is 11.1 Å². The molecule has 0 saturated carbocycles. The molecule has 0 fully saturated rings. The van der Waals surface area contributed by atoms with Gasteiger partial charge in [0.15, 0.2) is 5.78 Å². The number of benzene rings is 4. The summed E-state index contributed by atoms with van der Waals surface area (Å²) >= 11 is 0. The van der Waals surface area contributed by atoms with Crippen LogP contribution in [-0.2, 0) is 16.0 Å². The summed E-state index contributed by atoms with van der Waals surface area (Å²) in [6.07, 6.45) is 10.3. The number of rotatable bonds is 21. The second kappa shape index (κ2) is 21.5. The molecular weight excluding hydrogens is 647 g/mol. The van der Waals surface area contributed by atoms with Gasteiger partial charge in [-0.3, -0.25) is 9.69 Å². The van der Waals surface area contributed by atoms with Crippen molar-refractivity contribution in [3.8, 4) is 11.1 Å². The number of hydrogen-bond acceptors (Lipinski definition) is 5. The molecule has 7 nitrogen and oxygen atoms in total. The summed E-state index contributed by atoms with van der Waals surface area (Å²) in [7, 11) is 1.79. The molecule has 0 aliphatic rings. The van der Waals surface area contributed by atoms with Crippen molar-refractivity contribution in [2.75, 3.05) is 30.4 Å². The van der Waals surface area contributed by atoms with E-state index in [0.29, 0.717) is 42.3 Å². The van der Waals surface area contributed by atoms with Gasteiger partial charge in [-0.2, -0.15) is 0 Å². The van der Waals surface area contributed by atoms with Crippen LogP contribution in [-0.4, -0.2) is 44.0 Å². The van der Waals surface area contributed by atoms with Crippen LogP contribution in [0.15, 0.2) is 103 Å². The third-order valence-corrected chi connectivity index (χ3v) is 9.65. The highest BCUT2D eigenvalue weighted by atomic mass is 16.5. The summed E-state index contributed by atoms with van der Waals surface area (Å²) in [5, 5.41) is 6.44. The van der Waals surface area contributed by atoms with Gasteiger partial charge in [-0.25, -0.2) is 9.59 Å². The molecule has 0 radical (unpaired) electrons. The number of nitrogens with one attached hydrogen (secondary N) is 2. The molecule has 0 spiro atoms. The summed E-state index contributed by atoms with van der Waals surface area (Å²) in [5.41, 5.74) is 5.43. The molecule has 0 bridgehead atoms. The first kappa shape index (κ1) is 39.9. The highest BCUT2D eigenvalue weighted by Crippen LogP contribution is 2.26. The lowest BCUT2D eigenvalue weighted by atomic mass is 9.98. The van der Waals surface area contributed by atoms with E-state index in [2.05, 4.69) is 31.4 Å². The molecule has 0 aliphatic heterocycles. The average molecular weight is 704 g/mol. The van der Waals surface area contributed by atoms with E-state index in [0.717, 1.165) is 60.9 Å². The second-order valence-corrected chi connectivity index (χ2v) is 13.6. The lowest BCUT2D eigenvalue weighted by Gasteiger charge is -2.22. The molecule has 276 valence electrons. The van der Waals surface area contributed by atoms with E-state index in [1.807, 2.05) is 84.9 Å². The van der Waals surface area contributed by atoms with Crippen LogP contribution in [0.1, 0.15) is 100 Å². The van der Waals surface area contributed by atoms with Crippen LogP contribution >= 0.6 is 0 Å². The van der Waals surface area contributed by atoms with Crippen molar-refractivity contribution in [3.05, 3.63) is 120 Å². The maximum Gasteiger partial charge on any atom is 0.328 e. The number of ether oxygens (including phenoxy) is 1. The summed E-state index contributed by atoms with van der Waals surface area (Å²) in [4.78, 5) is 41.8. The monoisotopic (exact) mass is 703 g/mol. The SMILES string of the molecule is CCCCCCCNC(=O)N(C)c1cccc(-c2ccc(C[C@H](Nc3ccccc3C(=O)c3ccccc3)C(=O)OCC(CC)CCCC)cc2)c1. The Morgan fingerprint density at radius 2 is 1.44 bits per heavy atom. The van der Waals surface area contributed by atoms with Gasteiger partial charge in [0.25, 0.3) is 0 Å². The van der Waals surface area contributed by atoms with Crippen molar-refractivity contribution >= 4 is 29.2 Å². The van der Waals surface area contributed by atoms with E-state index in [4.69, 9.17) is 4.74 Å². The molecule has 2 atom stereocenters. The van der Waals surface area contributed by atoms with Gasteiger partial charge in [-0.1, -0.05) is 145 Å². The summed E-state index contributed by atoms with van der Waals surface area (Å²) in [5.74, 6) is -0.137. The fourth-order valence-corrected chi connectivity index (χ4v) is 6.25. The lowest BCUT2D eigenvalue weighted by molar-refractivity contribution is -0.146. The molecule has 0 aromatic heterocycles. The number of amides is 2. The quantitative estimate of drug-likeness (QED) is 0.0512. The number of para-hydroxylation sites is 1. The number of hydrogen-bond donors (Lipinski definition) is 2. The van der Waals surface area contributed by atoms with E-state index >= 15 is 0 Å². The fourth-order valence-electron chi connectivity index (χ4n) is 6.25. The number of carbonyl (C=O) groups is 3. The maximum atomic E-state index is 13.8. The highest BCUT2D eigenvalue weighted by Gasteiger charge is 2.24. The van der Waals surface area contributed by atoms with Crippen LogP contribution in [0.3, 0.4) is 0 Å². The third-order valence-electron chi connectivity index (χ3n) is 9.65. The first-order chi connectivity index (χ1) is 25.3. The average Bonchev–Trinajstić information content (AvgIpc) is 3.19. The molecule has 0 saturated heterocycles. The molecule has 52 heavy (non-hydrogen) atoms. The topological polar surface area (TPSA) is 87.7 Å². The number of nitrogens with zero attached hydrogens (tertiary/aromatic N) is 1. The zero-order chi connectivity index (χ0) is 37.1. The van der Waals surface area contributed by atoms with Gasteiger partial charge in [0.2, 0.25) is 0 Å². The first-order valence-electron chi connectivity index (χ1n) is 19.2. The molecule has 2 amide bonds. The Balaban J connectivity index is 1.49. The molecule has 4 aromatic rings.